The van der Waals surface area contributed by atoms with Gasteiger partial charge in [-0.05, 0) is 25.8 Å². The van der Waals surface area contributed by atoms with Gasteiger partial charge in [0.1, 0.15) is 0 Å². The van der Waals surface area contributed by atoms with Crippen LogP contribution < -0.4 is 10.2 Å². The average Bonchev–Trinajstić information content (AvgIpc) is 3.16. The van der Waals surface area contributed by atoms with Crippen LogP contribution in [-0.2, 0) is 0 Å². The quantitative estimate of drug-likeness (QED) is 0.888. The van der Waals surface area contributed by atoms with Gasteiger partial charge in [-0.25, -0.2) is 4.68 Å². The summed E-state index contributed by atoms with van der Waals surface area (Å²) in [6.07, 6.45) is 4.39. The normalized spacial score (nSPS) is 14.3. The molecule has 0 amide bonds. The molecule has 0 saturated heterocycles. The molecule has 1 saturated carbocycles. The zero-order valence-electron chi connectivity index (χ0n) is 12.0. The van der Waals surface area contributed by atoms with Crippen molar-refractivity contribution in [2.45, 2.75) is 25.7 Å². The summed E-state index contributed by atoms with van der Waals surface area (Å²) in [6.45, 7) is 2.78. The highest BCUT2D eigenvalue weighted by Crippen LogP contribution is 2.38. The second-order valence-electron chi connectivity index (χ2n) is 5.14. The molecule has 7 heteroatoms. The SMILES string of the molecule is CCNc1nc(N(C)C)nc(-n2ccc(C3CC3)n2)n1. The van der Waals surface area contributed by atoms with Crippen molar-refractivity contribution in [2.24, 2.45) is 0 Å². The number of rotatable bonds is 5. The first-order valence-corrected chi connectivity index (χ1v) is 6.90. The lowest BCUT2D eigenvalue weighted by Gasteiger charge is -2.12. The highest BCUT2D eigenvalue weighted by Gasteiger charge is 2.26. The third kappa shape index (κ3) is 2.56. The highest BCUT2D eigenvalue weighted by molar-refractivity contribution is 5.38. The first-order chi connectivity index (χ1) is 9.67. The van der Waals surface area contributed by atoms with Crippen molar-refractivity contribution in [1.82, 2.24) is 24.7 Å². The van der Waals surface area contributed by atoms with Gasteiger partial charge in [0.25, 0.3) is 5.95 Å². The van der Waals surface area contributed by atoms with Gasteiger partial charge in [0.05, 0.1) is 5.69 Å². The van der Waals surface area contributed by atoms with E-state index < -0.39 is 0 Å². The largest absolute Gasteiger partial charge is 0.354 e. The van der Waals surface area contributed by atoms with Crippen LogP contribution in [0.4, 0.5) is 11.9 Å². The van der Waals surface area contributed by atoms with Gasteiger partial charge in [-0.15, -0.1) is 0 Å². The zero-order valence-corrected chi connectivity index (χ0v) is 12.0. The topological polar surface area (TPSA) is 71.8 Å². The van der Waals surface area contributed by atoms with E-state index in [0.29, 0.717) is 23.8 Å². The maximum Gasteiger partial charge on any atom is 0.257 e. The number of anilines is 2. The number of hydrogen-bond donors (Lipinski definition) is 1. The fourth-order valence-electron chi connectivity index (χ4n) is 1.94. The van der Waals surface area contributed by atoms with Crippen LogP contribution in [0.25, 0.3) is 5.95 Å². The van der Waals surface area contributed by atoms with Crippen LogP contribution in [0.1, 0.15) is 31.4 Å². The number of nitrogens with zero attached hydrogens (tertiary/aromatic N) is 6. The van der Waals surface area contributed by atoms with Crippen LogP contribution in [0.5, 0.6) is 0 Å². The maximum atomic E-state index is 4.56. The summed E-state index contributed by atoms with van der Waals surface area (Å²) in [5.41, 5.74) is 1.13. The molecular weight excluding hydrogens is 254 g/mol. The Kier molecular flexibility index (Phi) is 3.25. The summed E-state index contributed by atoms with van der Waals surface area (Å²) in [6, 6.07) is 2.05. The molecule has 1 N–H and O–H groups in total. The summed E-state index contributed by atoms with van der Waals surface area (Å²) in [5, 5.41) is 7.69. The molecule has 0 spiro atoms. The van der Waals surface area contributed by atoms with Gasteiger partial charge in [0, 0.05) is 32.8 Å². The minimum atomic E-state index is 0.548. The third-order valence-electron chi connectivity index (χ3n) is 3.16. The minimum absolute atomic E-state index is 0.548. The Bertz CT molecular complexity index is 601. The highest BCUT2D eigenvalue weighted by atomic mass is 15.4. The average molecular weight is 273 g/mol. The Labute approximate surface area is 118 Å². The molecule has 0 bridgehead atoms. The van der Waals surface area contributed by atoms with Crippen molar-refractivity contribution >= 4 is 11.9 Å². The van der Waals surface area contributed by atoms with E-state index in [1.54, 1.807) is 4.68 Å². The molecule has 20 heavy (non-hydrogen) atoms. The molecular formula is C13H19N7. The van der Waals surface area contributed by atoms with E-state index in [1.807, 2.05) is 38.2 Å². The van der Waals surface area contributed by atoms with Crippen molar-refractivity contribution in [3.8, 4) is 5.95 Å². The Balaban J connectivity index is 1.97. The molecule has 2 heterocycles. The van der Waals surface area contributed by atoms with E-state index in [2.05, 4.69) is 25.4 Å². The van der Waals surface area contributed by atoms with Gasteiger partial charge in [-0.3, -0.25) is 0 Å². The monoisotopic (exact) mass is 273 g/mol. The Morgan fingerprint density at radius 1 is 1.30 bits per heavy atom. The molecule has 3 rings (SSSR count). The number of hydrogen-bond acceptors (Lipinski definition) is 6. The standard InChI is InChI=1S/C13H19N7/c1-4-14-11-15-12(19(2)3)17-13(16-11)20-8-7-10(18-20)9-5-6-9/h7-9H,4-6H2,1-3H3,(H,14,15,16,17). The van der Waals surface area contributed by atoms with E-state index >= 15 is 0 Å². The van der Waals surface area contributed by atoms with Gasteiger partial charge in [0.15, 0.2) is 0 Å². The maximum absolute atomic E-state index is 4.56. The molecule has 0 aliphatic heterocycles. The van der Waals surface area contributed by atoms with Crippen molar-refractivity contribution in [3.05, 3.63) is 18.0 Å². The summed E-state index contributed by atoms with van der Waals surface area (Å²) < 4.78 is 1.73. The predicted molar refractivity (Wildman–Crippen MR) is 77.4 cm³/mol. The summed E-state index contributed by atoms with van der Waals surface area (Å²) >= 11 is 0. The van der Waals surface area contributed by atoms with E-state index in [9.17, 15) is 0 Å². The molecule has 0 unspecified atom stereocenters. The van der Waals surface area contributed by atoms with Crippen molar-refractivity contribution in [2.75, 3.05) is 30.9 Å². The van der Waals surface area contributed by atoms with Gasteiger partial charge >= 0.3 is 0 Å². The van der Waals surface area contributed by atoms with Crippen LogP contribution in [0.15, 0.2) is 12.3 Å². The Morgan fingerprint density at radius 3 is 2.75 bits per heavy atom. The molecule has 1 aliphatic rings. The fourth-order valence-corrected chi connectivity index (χ4v) is 1.94. The van der Waals surface area contributed by atoms with Gasteiger partial charge in [0.2, 0.25) is 11.9 Å². The molecule has 0 radical (unpaired) electrons. The smallest absolute Gasteiger partial charge is 0.257 e. The van der Waals surface area contributed by atoms with Crippen molar-refractivity contribution in [1.29, 1.82) is 0 Å². The molecule has 1 fully saturated rings. The molecule has 7 nitrogen and oxygen atoms in total. The van der Waals surface area contributed by atoms with Crippen LogP contribution in [0.3, 0.4) is 0 Å². The van der Waals surface area contributed by atoms with Gasteiger partial charge < -0.3 is 10.2 Å². The van der Waals surface area contributed by atoms with E-state index in [1.165, 1.54) is 12.8 Å². The van der Waals surface area contributed by atoms with E-state index in [0.717, 1.165) is 12.2 Å². The molecule has 0 aromatic carbocycles. The molecule has 2 aromatic heterocycles. The lowest BCUT2D eigenvalue weighted by Crippen LogP contribution is -2.17. The lowest BCUT2D eigenvalue weighted by molar-refractivity contribution is 0.768. The first kappa shape index (κ1) is 12.8. The van der Waals surface area contributed by atoms with Gasteiger partial charge in [-0.1, -0.05) is 0 Å². The number of aromatic nitrogens is 5. The van der Waals surface area contributed by atoms with Crippen LogP contribution in [-0.4, -0.2) is 45.4 Å². The number of nitrogens with one attached hydrogen (secondary N) is 1. The van der Waals surface area contributed by atoms with Gasteiger partial charge in [-0.2, -0.15) is 20.1 Å². The Hall–Kier alpha value is -2.18. The van der Waals surface area contributed by atoms with Crippen LogP contribution in [0, 0.1) is 0 Å². The van der Waals surface area contributed by atoms with E-state index in [4.69, 9.17) is 0 Å². The molecule has 1 aliphatic carbocycles. The Morgan fingerprint density at radius 2 is 2.10 bits per heavy atom. The summed E-state index contributed by atoms with van der Waals surface area (Å²) in [7, 11) is 3.82. The molecule has 0 atom stereocenters. The lowest BCUT2D eigenvalue weighted by atomic mass is 10.3. The summed E-state index contributed by atoms with van der Waals surface area (Å²) in [4.78, 5) is 15.1. The molecule has 2 aromatic rings. The first-order valence-electron chi connectivity index (χ1n) is 6.90. The minimum Gasteiger partial charge on any atom is -0.354 e. The predicted octanol–water partition coefficient (Wildman–Crippen LogP) is 1.43. The van der Waals surface area contributed by atoms with E-state index in [-0.39, 0.29) is 0 Å². The molecule has 106 valence electrons. The van der Waals surface area contributed by atoms with Crippen LogP contribution >= 0.6 is 0 Å². The fraction of sp³-hybridized carbons (Fsp3) is 0.538. The zero-order chi connectivity index (χ0) is 14.1. The summed E-state index contributed by atoms with van der Waals surface area (Å²) in [5.74, 6) is 2.37. The van der Waals surface area contributed by atoms with Crippen molar-refractivity contribution in [3.63, 3.8) is 0 Å². The second kappa shape index (κ2) is 5.07. The van der Waals surface area contributed by atoms with Crippen LogP contribution in [0.2, 0.25) is 0 Å². The van der Waals surface area contributed by atoms with Crippen molar-refractivity contribution < 1.29 is 0 Å². The third-order valence-corrected chi connectivity index (χ3v) is 3.16. The second-order valence-corrected chi connectivity index (χ2v) is 5.14.